The number of aromatic hydroxyl groups is 1. The first kappa shape index (κ1) is 12.6. The number of rotatable bonds is 2. The molecule has 7 N–H and O–H groups in total. The molecule has 2 rings (SSSR count). The van der Waals surface area contributed by atoms with Crippen molar-refractivity contribution in [1.29, 1.82) is 0 Å². The van der Waals surface area contributed by atoms with Gasteiger partial charge in [0.25, 0.3) is 5.56 Å². The van der Waals surface area contributed by atoms with Crippen molar-refractivity contribution in [3.63, 3.8) is 0 Å². The van der Waals surface area contributed by atoms with Gasteiger partial charge in [0, 0.05) is 11.1 Å². The summed E-state index contributed by atoms with van der Waals surface area (Å²) in [6.07, 6.45) is 1.09. The Bertz CT molecular complexity index is 662. The molecular formula is C11H12N6O2. The van der Waals surface area contributed by atoms with E-state index in [2.05, 4.69) is 20.5 Å². The van der Waals surface area contributed by atoms with Crippen LogP contribution in [-0.4, -0.2) is 20.9 Å². The lowest BCUT2D eigenvalue weighted by Gasteiger charge is -2.05. The molecule has 8 nitrogen and oxygen atoms in total. The second kappa shape index (κ2) is 5.19. The smallest absolute Gasteiger partial charge is 0.293 e. The highest BCUT2D eigenvalue weighted by molar-refractivity contribution is 5.98. The third-order valence-electron chi connectivity index (χ3n) is 2.48. The van der Waals surface area contributed by atoms with Crippen molar-refractivity contribution in [2.75, 3.05) is 0 Å². The molecular weight excluding hydrogens is 248 g/mol. The monoisotopic (exact) mass is 260 g/mol. The van der Waals surface area contributed by atoms with E-state index >= 15 is 0 Å². The molecule has 0 aliphatic rings. The third-order valence-corrected chi connectivity index (χ3v) is 2.48. The number of aromatic amines is 1. The van der Waals surface area contributed by atoms with Crippen molar-refractivity contribution in [1.82, 2.24) is 15.4 Å². The van der Waals surface area contributed by atoms with Gasteiger partial charge < -0.3 is 21.4 Å². The van der Waals surface area contributed by atoms with E-state index in [4.69, 9.17) is 16.8 Å². The first-order chi connectivity index (χ1) is 9.15. The summed E-state index contributed by atoms with van der Waals surface area (Å²) < 4.78 is 0. The molecule has 1 heterocycles. The van der Waals surface area contributed by atoms with Gasteiger partial charge in [-0.1, -0.05) is 24.3 Å². The molecule has 0 amide bonds. The standard InChI is InChI=1S/C11H12N6O2/c12-16-10(17-13)7-3-1-6(2-4-7)9-14-5-8(18)11(19)15-9/h1-5,18H,12-13H2,(H,16,17)(H,14,15,19). The van der Waals surface area contributed by atoms with Crippen molar-refractivity contribution in [2.45, 2.75) is 0 Å². The molecule has 19 heavy (non-hydrogen) atoms. The van der Waals surface area contributed by atoms with Gasteiger partial charge >= 0.3 is 0 Å². The van der Waals surface area contributed by atoms with Gasteiger partial charge in [-0.15, -0.1) is 0 Å². The lowest BCUT2D eigenvalue weighted by Crippen LogP contribution is -2.31. The Morgan fingerprint density at radius 2 is 2.05 bits per heavy atom. The highest BCUT2D eigenvalue weighted by Crippen LogP contribution is 2.15. The van der Waals surface area contributed by atoms with Crippen LogP contribution in [0.3, 0.4) is 0 Å². The summed E-state index contributed by atoms with van der Waals surface area (Å²) in [6, 6.07) is 6.86. The molecule has 0 aliphatic heterocycles. The predicted molar refractivity (Wildman–Crippen MR) is 70.0 cm³/mol. The number of amidine groups is 1. The lowest BCUT2D eigenvalue weighted by atomic mass is 10.1. The number of nitrogens with one attached hydrogen (secondary N) is 2. The average Bonchev–Trinajstić information content (AvgIpc) is 2.44. The Kier molecular flexibility index (Phi) is 3.44. The van der Waals surface area contributed by atoms with Gasteiger partial charge in [-0.2, -0.15) is 5.10 Å². The molecule has 0 saturated carbocycles. The van der Waals surface area contributed by atoms with Crippen LogP contribution >= 0.6 is 0 Å². The number of nitrogens with two attached hydrogens (primary N) is 2. The number of hydrazine groups is 1. The van der Waals surface area contributed by atoms with Crippen molar-refractivity contribution in [3.8, 4) is 17.1 Å². The van der Waals surface area contributed by atoms with Gasteiger partial charge in [-0.3, -0.25) is 4.79 Å². The second-order valence-electron chi connectivity index (χ2n) is 3.65. The summed E-state index contributed by atoms with van der Waals surface area (Å²) in [5.41, 5.74) is 3.13. The fourth-order valence-electron chi connectivity index (χ4n) is 1.52. The number of benzene rings is 1. The molecule has 0 atom stereocenters. The predicted octanol–water partition coefficient (Wildman–Crippen LogP) is -0.774. The van der Waals surface area contributed by atoms with Crippen molar-refractivity contribution in [2.24, 2.45) is 16.8 Å². The van der Waals surface area contributed by atoms with E-state index in [1.165, 1.54) is 0 Å². The van der Waals surface area contributed by atoms with E-state index in [1.807, 2.05) is 0 Å². The van der Waals surface area contributed by atoms with Gasteiger partial charge in [0.05, 0.1) is 6.20 Å². The summed E-state index contributed by atoms with van der Waals surface area (Å²) in [7, 11) is 0. The number of hydrazone groups is 1. The molecule has 1 aromatic heterocycles. The topological polar surface area (TPSA) is 142 Å². The Morgan fingerprint density at radius 1 is 1.37 bits per heavy atom. The molecule has 98 valence electrons. The van der Waals surface area contributed by atoms with Crippen molar-refractivity contribution >= 4 is 5.84 Å². The zero-order valence-corrected chi connectivity index (χ0v) is 9.79. The Labute approximate surface area is 107 Å². The summed E-state index contributed by atoms with van der Waals surface area (Å²) in [4.78, 5) is 17.7. The molecule has 0 unspecified atom stereocenters. The van der Waals surface area contributed by atoms with Crippen LogP contribution in [0, 0.1) is 0 Å². The minimum absolute atomic E-state index is 0.332. The van der Waals surface area contributed by atoms with Crippen LogP contribution in [0.25, 0.3) is 11.4 Å². The first-order valence-electron chi connectivity index (χ1n) is 5.29. The van der Waals surface area contributed by atoms with Crippen LogP contribution in [0.15, 0.2) is 40.4 Å². The van der Waals surface area contributed by atoms with Crippen LogP contribution in [-0.2, 0) is 0 Å². The molecule has 0 radical (unpaired) electrons. The maximum atomic E-state index is 11.3. The van der Waals surface area contributed by atoms with Gasteiger partial charge in [0.15, 0.2) is 11.6 Å². The Hall–Kier alpha value is -2.87. The molecule has 0 aliphatic carbocycles. The van der Waals surface area contributed by atoms with Crippen LogP contribution in [0.5, 0.6) is 5.75 Å². The number of H-pyrrole nitrogens is 1. The normalized spacial score (nSPS) is 11.3. The lowest BCUT2D eigenvalue weighted by molar-refractivity contribution is 0.463. The number of hydrogen-bond donors (Lipinski definition) is 5. The minimum Gasteiger partial charge on any atom is -0.502 e. The highest BCUT2D eigenvalue weighted by atomic mass is 16.3. The van der Waals surface area contributed by atoms with E-state index in [1.54, 1.807) is 24.3 Å². The van der Waals surface area contributed by atoms with E-state index in [0.29, 0.717) is 22.8 Å². The van der Waals surface area contributed by atoms with Crippen molar-refractivity contribution < 1.29 is 5.11 Å². The van der Waals surface area contributed by atoms with E-state index in [-0.39, 0.29) is 0 Å². The van der Waals surface area contributed by atoms with Crippen LogP contribution in [0.1, 0.15) is 5.56 Å². The average molecular weight is 260 g/mol. The molecule has 0 fully saturated rings. The third kappa shape index (κ3) is 2.53. The SMILES string of the molecule is N/N=C(\NN)c1ccc(-c2ncc(O)c(=O)[nH]2)cc1. The zero-order chi connectivity index (χ0) is 13.8. The Balaban J connectivity index is 2.37. The van der Waals surface area contributed by atoms with Crippen molar-refractivity contribution in [3.05, 3.63) is 46.4 Å². The summed E-state index contributed by atoms with van der Waals surface area (Å²) in [6.45, 7) is 0. The molecule has 0 spiro atoms. The van der Waals surface area contributed by atoms with Gasteiger partial charge in [0.2, 0.25) is 0 Å². The minimum atomic E-state index is -0.595. The maximum Gasteiger partial charge on any atom is 0.293 e. The number of aromatic nitrogens is 2. The Morgan fingerprint density at radius 3 is 2.58 bits per heavy atom. The van der Waals surface area contributed by atoms with E-state index in [0.717, 1.165) is 6.20 Å². The molecule has 8 heteroatoms. The molecule has 1 aromatic carbocycles. The van der Waals surface area contributed by atoms with Gasteiger partial charge in [-0.05, 0) is 0 Å². The first-order valence-corrected chi connectivity index (χ1v) is 5.29. The summed E-state index contributed by atoms with van der Waals surface area (Å²) in [5.74, 6) is 10.7. The second-order valence-corrected chi connectivity index (χ2v) is 3.65. The largest absolute Gasteiger partial charge is 0.502 e. The van der Waals surface area contributed by atoms with Crippen LogP contribution in [0.4, 0.5) is 0 Å². The summed E-state index contributed by atoms with van der Waals surface area (Å²) in [5, 5.41) is 12.6. The number of hydrogen-bond acceptors (Lipinski definition) is 6. The van der Waals surface area contributed by atoms with Gasteiger partial charge in [0.1, 0.15) is 5.82 Å². The fourth-order valence-corrected chi connectivity index (χ4v) is 1.52. The maximum absolute atomic E-state index is 11.3. The number of nitrogens with zero attached hydrogens (tertiary/aromatic N) is 2. The van der Waals surface area contributed by atoms with E-state index < -0.39 is 11.3 Å². The van der Waals surface area contributed by atoms with Crippen LogP contribution in [0.2, 0.25) is 0 Å². The molecule has 0 bridgehead atoms. The zero-order valence-electron chi connectivity index (χ0n) is 9.79. The van der Waals surface area contributed by atoms with Gasteiger partial charge in [-0.25, -0.2) is 10.8 Å². The molecule has 2 aromatic rings. The highest BCUT2D eigenvalue weighted by Gasteiger charge is 2.05. The van der Waals surface area contributed by atoms with E-state index in [9.17, 15) is 4.79 Å². The quantitative estimate of drug-likeness (QED) is 0.207. The summed E-state index contributed by atoms with van der Waals surface area (Å²) >= 11 is 0. The fraction of sp³-hybridized carbons (Fsp3) is 0. The van der Waals surface area contributed by atoms with Crippen LogP contribution < -0.4 is 22.7 Å². The molecule has 0 saturated heterocycles.